The van der Waals surface area contributed by atoms with Crippen LogP contribution in [0.1, 0.15) is 18.2 Å². The van der Waals surface area contributed by atoms with Gasteiger partial charge in [-0.3, -0.25) is 0 Å². The van der Waals surface area contributed by atoms with E-state index in [4.69, 9.17) is 4.42 Å². The molecule has 16 heavy (non-hydrogen) atoms. The van der Waals surface area contributed by atoms with Crippen molar-refractivity contribution in [1.82, 2.24) is 5.32 Å². The number of rotatable bonds is 4. The molecule has 2 aromatic rings. The summed E-state index contributed by atoms with van der Waals surface area (Å²) in [6.07, 6.45) is 1.76. The third kappa shape index (κ3) is 2.17. The molecular weight excluding hydrogens is 198 g/mol. The van der Waals surface area contributed by atoms with Gasteiger partial charge in [0.2, 0.25) is 0 Å². The summed E-state index contributed by atoms with van der Waals surface area (Å²) in [5.41, 5.74) is 3.73. The number of hydrogen-bond donors (Lipinski definition) is 1. The topological polar surface area (TPSA) is 25.2 Å². The molecule has 0 aliphatic heterocycles. The summed E-state index contributed by atoms with van der Waals surface area (Å²) in [5.74, 6) is 1.01. The molecule has 1 aromatic heterocycles. The lowest BCUT2D eigenvalue weighted by molar-refractivity contribution is 0.489. The van der Waals surface area contributed by atoms with E-state index < -0.39 is 0 Å². The Morgan fingerprint density at radius 3 is 2.69 bits per heavy atom. The number of benzene rings is 1. The fourth-order valence-corrected chi connectivity index (χ4v) is 1.83. The highest BCUT2D eigenvalue weighted by atomic mass is 16.3. The van der Waals surface area contributed by atoms with Crippen LogP contribution >= 0.6 is 0 Å². The second kappa shape index (κ2) is 4.99. The summed E-state index contributed by atoms with van der Waals surface area (Å²) >= 11 is 0. The van der Waals surface area contributed by atoms with Crippen LogP contribution < -0.4 is 5.32 Å². The maximum Gasteiger partial charge on any atom is 0.125 e. The van der Waals surface area contributed by atoms with Crippen molar-refractivity contribution >= 4 is 0 Å². The lowest BCUT2D eigenvalue weighted by Crippen LogP contribution is -2.11. The van der Waals surface area contributed by atoms with Gasteiger partial charge >= 0.3 is 0 Å². The van der Waals surface area contributed by atoms with E-state index >= 15 is 0 Å². The van der Waals surface area contributed by atoms with E-state index in [1.165, 1.54) is 16.7 Å². The Hall–Kier alpha value is -1.54. The van der Waals surface area contributed by atoms with Crippen LogP contribution in [0.3, 0.4) is 0 Å². The van der Waals surface area contributed by atoms with E-state index in [1.807, 2.05) is 6.07 Å². The molecule has 0 bridgehead atoms. The summed E-state index contributed by atoms with van der Waals surface area (Å²) in [4.78, 5) is 0. The zero-order chi connectivity index (χ0) is 11.4. The first-order valence-electron chi connectivity index (χ1n) is 5.66. The first kappa shape index (κ1) is 11.0. The molecule has 1 heterocycles. The highest BCUT2D eigenvalue weighted by Crippen LogP contribution is 2.27. The van der Waals surface area contributed by atoms with Crippen LogP contribution in [0.4, 0.5) is 0 Å². The Labute approximate surface area is 96.3 Å². The van der Waals surface area contributed by atoms with Gasteiger partial charge in [-0.2, -0.15) is 0 Å². The SMILES string of the molecule is CCNCc1occc1-c1ccccc1C. The average Bonchev–Trinajstić information content (AvgIpc) is 2.75. The monoisotopic (exact) mass is 215 g/mol. The largest absolute Gasteiger partial charge is 0.467 e. The van der Waals surface area contributed by atoms with E-state index in [-0.39, 0.29) is 0 Å². The van der Waals surface area contributed by atoms with Crippen molar-refractivity contribution in [2.75, 3.05) is 6.54 Å². The minimum atomic E-state index is 0.785. The van der Waals surface area contributed by atoms with Crippen LogP contribution in [0.2, 0.25) is 0 Å². The maximum atomic E-state index is 5.51. The van der Waals surface area contributed by atoms with Gasteiger partial charge in [0.15, 0.2) is 0 Å². The lowest BCUT2D eigenvalue weighted by atomic mass is 10.0. The van der Waals surface area contributed by atoms with Gasteiger partial charge in [0, 0.05) is 5.56 Å². The van der Waals surface area contributed by atoms with Crippen LogP contribution in [0.25, 0.3) is 11.1 Å². The first-order valence-corrected chi connectivity index (χ1v) is 5.66. The van der Waals surface area contributed by atoms with E-state index in [1.54, 1.807) is 6.26 Å². The van der Waals surface area contributed by atoms with Crippen molar-refractivity contribution in [3.63, 3.8) is 0 Å². The second-order valence-electron chi connectivity index (χ2n) is 3.85. The molecule has 0 spiro atoms. The van der Waals surface area contributed by atoms with Crippen molar-refractivity contribution in [2.24, 2.45) is 0 Å². The molecule has 1 N–H and O–H groups in total. The molecular formula is C14H17NO. The van der Waals surface area contributed by atoms with Crippen LogP contribution in [0.15, 0.2) is 41.0 Å². The lowest BCUT2D eigenvalue weighted by Gasteiger charge is -2.06. The predicted octanol–water partition coefficient (Wildman–Crippen LogP) is 3.36. The summed E-state index contributed by atoms with van der Waals surface area (Å²) in [7, 11) is 0. The third-order valence-electron chi connectivity index (χ3n) is 2.72. The van der Waals surface area contributed by atoms with Crippen LogP contribution in [0.5, 0.6) is 0 Å². The Kier molecular flexibility index (Phi) is 3.42. The smallest absolute Gasteiger partial charge is 0.125 e. The quantitative estimate of drug-likeness (QED) is 0.846. The predicted molar refractivity (Wildman–Crippen MR) is 66.3 cm³/mol. The van der Waals surface area contributed by atoms with Crippen molar-refractivity contribution in [3.8, 4) is 11.1 Å². The van der Waals surface area contributed by atoms with Crippen molar-refractivity contribution in [3.05, 3.63) is 47.9 Å². The fraction of sp³-hybridized carbons (Fsp3) is 0.286. The highest BCUT2D eigenvalue weighted by molar-refractivity contribution is 5.68. The minimum Gasteiger partial charge on any atom is -0.467 e. The molecule has 2 nitrogen and oxygen atoms in total. The van der Waals surface area contributed by atoms with Gasteiger partial charge in [-0.25, -0.2) is 0 Å². The molecule has 0 saturated heterocycles. The van der Waals surface area contributed by atoms with Gasteiger partial charge < -0.3 is 9.73 Å². The zero-order valence-corrected chi connectivity index (χ0v) is 9.79. The molecule has 0 aliphatic rings. The molecule has 84 valence electrons. The molecule has 0 amide bonds. The van der Waals surface area contributed by atoms with E-state index in [9.17, 15) is 0 Å². The molecule has 0 atom stereocenters. The second-order valence-corrected chi connectivity index (χ2v) is 3.85. The van der Waals surface area contributed by atoms with Crippen LogP contribution in [-0.2, 0) is 6.54 Å². The van der Waals surface area contributed by atoms with Gasteiger partial charge in [0.1, 0.15) is 5.76 Å². The van der Waals surface area contributed by atoms with Crippen molar-refractivity contribution < 1.29 is 4.42 Å². The summed E-state index contributed by atoms with van der Waals surface area (Å²) in [6, 6.07) is 10.4. The molecule has 2 heteroatoms. The van der Waals surface area contributed by atoms with Crippen LogP contribution in [0, 0.1) is 6.92 Å². The van der Waals surface area contributed by atoms with Gasteiger partial charge in [0.05, 0.1) is 12.8 Å². The Morgan fingerprint density at radius 2 is 1.94 bits per heavy atom. The minimum absolute atomic E-state index is 0.785. The zero-order valence-electron chi connectivity index (χ0n) is 9.79. The molecule has 0 fully saturated rings. The fourth-order valence-electron chi connectivity index (χ4n) is 1.83. The average molecular weight is 215 g/mol. The Morgan fingerprint density at radius 1 is 1.12 bits per heavy atom. The van der Waals surface area contributed by atoms with E-state index in [0.29, 0.717) is 0 Å². The van der Waals surface area contributed by atoms with Gasteiger partial charge in [-0.05, 0) is 30.7 Å². The summed E-state index contributed by atoms with van der Waals surface area (Å²) in [6.45, 7) is 5.96. The highest BCUT2D eigenvalue weighted by Gasteiger charge is 2.09. The number of furan rings is 1. The van der Waals surface area contributed by atoms with Gasteiger partial charge in [-0.1, -0.05) is 31.2 Å². The molecule has 0 aliphatic carbocycles. The van der Waals surface area contributed by atoms with Crippen molar-refractivity contribution in [2.45, 2.75) is 20.4 Å². The first-order chi connectivity index (χ1) is 7.83. The molecule has 1 aromatic carbocycles. The number of nitrogens with one attached hydrogen (secondary N) is 1. The standard InChI is InChI=1S/C14H17NO/c1-3-15-10-14-13(8-9-16-14)12-7-5-4-6-11(12)2/h4-9,15H,3,10H2,1-2H3. The number of aryl methyl sites for hydroxylation is 1. The Balaban J connectivity index is 2.33. The van der Waals surface area contributed by atoms with Crippen molar-refractivity contribution in [1.29, 1.82) is 0 Å². The third-order valence-corrected chi connectivity index (χ3v) is 2.72. The maximum absolute atomic E-state index is 5.51. The van der Waals surface area contributed by atoms with E-state index in [0.717, 1.165) is 18.8 Å². The Bertz CT molecular complexity index is 459. The number of hydrogen-bond acceptors (Lipinski definition) is 2. The van der Waals surface area contributed by atoms with Crippen LogP contribution in [-0.4, -0.2) is 6.54 Å². The molecule has 2 rings (SSSR count). The summed E-state index contributed by atoms with van der Waals surface area (Å²) in [5, 5.41) is 3.29. The summed E-state index contributed by atoms with van der Waals surface area (Å²) < 4.78 is 5.51. The molecule has 0 radical (unpaired) electrons. The molecule has 0 unspecified atom stereocenters. The molecule has 0 saturated carbocycles. The van der Waals surface area contributed by atoms with Gasteiger partial charge in [0.25, 0.3) is 0 Å². The van der Waals surface area contributed by atoms with Gasteiger partial charge in [-0.15, -0.1) is 0 Å². The normalized spacial score (nSPS) is 10.6. The van der Waals surface area contributed by atoms with E-state index in [2.05, 4.69) is 43.4 Å².